The molecule has 3 rings (SSSR count). The Bertz CT molecular complexity index is 954. The van der Waals surface area contributed by atoms with Crippen LogP contribution in [0, 0.1) is 17.0 Å². The van der Waals surface area contributed by atoms with Gasteiger partial charge in [0.05, 0.1) is 16.5 Å². The van der Waals surface area contributed by atoms with Gasteiger partial charge in [-0.15, -0.1) is 0 Å². The zero-order valence-corrected chi connectivity index (χ0v) is 15.6. The molecule has 0 fully saturated rings. The maximum absolute atomic E-state index is 13.0. The number of benzene rings is 2. The van der Waals surface area contributed by atoms with E-state index in [-0.39, 0.29) is 11.6 Å². The Morgan fingerprint density at radius 2 is 1.81 bits per heavy atom. The smallest absolute Gasteiger partial charge is 0.269 e. The highest BCUT2D eigenvalue weighted by Crippen LogP contribution is 2.29. The zero-order chi connectivity index (χ0) is 19.6. The molecule has 2 aromatic rings. The Hall–Kier alpha value is -3.26. The van der Waals surface area contributed by atoms with E-state index in [0.29, 0.717) is 21.9 Å². The number of rotatable bonds is 4. The lowest BCUT2D eigenvalue weighted by atomic mass is 9.94. The van der Waals surface area contributed by atoms with Crippen LogP contribution in [0.15, 0.2) is 59.8 Å². The molecule has 0 bridgehead atoms. The highest BCUT2D eigenvalue weighted by Gasteiger charge is 2.30. The number of anilines is 1. The predicted octanol–water partition coefficient (Wildman–Crippen LogP) is 3.33. The summed E-state index contributed by atoms with van der Waals surface area (Å²) >= 11 is 5.22. The van der Waals surface area contributed by atoms with Crippen LogP contribution in [-0.2, 0) is 4.79 Å². The van der Waals surface area contributed by atoms with E-state index >= 15 is 0 Å². The fraction of sp³-hybridized carbons (Fsp3) is 0.158. The summed E-state index contributed by atoms with van der Waals surface area (Å²) in [5.74, 6) is -0.271. The van der Waals surface area contributed by atoms with Crippen LogP contribution in [0.2, 0.25) is 0 Å². The number of hydrogen-bond acceptors (Lipinski definition) is 4. The first-order valence-electron chi connectivity index (χ1n) is 8.26. The molecule has 1 unspecified atom stereocenters. The first-order chi connectivity index (χ1) is 12.9. The lowest BCUT2D eigenvalue weighted by molar-refractivity contribution is -0.384. The second-order valence-corrected chi connectivity index (χ2v) is 6.60. The van der Waals surface area contributed by atoms with Crippen LogP contribution in [0.3, 0.4) is 0 Å². The fourth-order valence-electron chi connectivity index (χ4n) is 2.94. The fourth-order valence-corrected chi connectivity index (χ4v) is 3.21. The molecule has 0 aromatic heterocycles. The molecule has 2 aromatic carbocycles. The number of carbonyl (C=O) groups is 1. The largest absolute Gasteiger partial charge is 0.351 e. The van der Waals surface area contributed by atoms with Crippen molar-refractivity contribution in [2.75, 3.05) is 5.32 Å². The van der Waals surface area contributed by atoms with Gasteiger partial charge >= 0.3 is 0 Å². The number of amides is 1. The number of aryl methyl sites for hydroxylation is 1. The van der Waals surface area contributed by atoms with Crippen molar-refractivity contribution in [3.63, 3.8) is 0 Å². The quantitative estimate of drug-likeness (QED) is 0.426. The van der Waals surface area contributed by atoms with E-state index < -0.39 is 11.0 Å². The van der Waals surface area contributed by atoms with E-state index in [9.17, 15) is 14.9 Å². The number of hydrogen-bond donors (Lipinski definition) is 3. The zero-order valence-electron chi connectivity index (χ0n) is 14.8. The molecule has 1 atom stereocenters. The van der Waals surface area contributed by atoms with Gasteiger partial charge in [0.1, 0.15) is 0 Å². The molecule has 0 aliphatic carbocycles. The van der Waals surface area contributed by atoms with Gasteiger partial charge in [0.15, 0.2) is 5.11 Å². The monoisotopic (exact) mass is 382 g/mol. The van der Waals surface area contributed by atoms with E-state index in [1.54, 1.807) is 19.1 Å². The Morgan fingerprint density at radius 3 is 2.44 bits per heavy atom. The minimum absolute atomic E-state index is 0.0122. The molecule has 0 spiro atoms. The normalized spacial score (nSPS) is 16.4. The van der Waals surface area contributed by atoms with Crippen molar-refractivity contribution in [2.45, 2.75) is 19.9 Å². The van der Waals surface area contributed by atoms with Crippen LogP contribution in [0.4, 0.5) is 11.4 Å². The molecule has 27 heavy (non-hydrogen) atoms. The molecular weight excluding hydrogens is 364 g/mol. The van der Waals surface area contributed by atoms with Gasteiger partial charge in [-0.1, -0.05) is 18.2 Å². The number of carbonyl (C=O) groups excluding carboxylic acids is 1. The number of nitro benzene ring substituents is 1. The molecular formula is C19H18N4O3S. The van der Waals surface area contributed by atoms with E-state index in [0.717, 1.165) is 11.3 Å². The van der Waals surface area contributed by atoms with E-state index in [1.165, 1.54) is 12.1 Å². The third-order valence-electron chi connectivity index (χ3n) is 4.34. The van der Waals surface area contributed by atoms with Gasteiger partial charge in [-0.25, -0.2) is 0 Å². The van der Waals surface area contributed by atoms with Crippen molar-refractivity contribution in [3.05, 3.63) is 81.0 Å². The highest BCUT2D eigenvalue weighted by atomic mass is 32.1. The summed E-state index contributed by atoms with van der Waals surface area (Å²) < 4.78 is 0. The van der Waals surface area contributed by atoms with Gasteiger partial charge in [-0.3, -0.25) is 14.9 Å². The molecule has 1 aliphatic rings. The second kappa shape index (κ2) is 7.55. The Balaban J connectivity index is 1.95. The van der Waals surface area contributed by atoms with Crippen molar-refractivity contribution >= 4 is 34.6 Å². The van der Waals surface area contributed by atoms with E-state index in [4.69, 9.17) is 12.2 Å². The molecule has 138 valence electrons. The van der Waals surface area contributed by atoms with Crippen LogP contribution < -0.4 is 16.0 Å². The molecule has 7 nitrogen and oxygen atoms in total. The van der Waals surface area contributed by atoms with Crippen molar-refractivity contribution in [1.82, 2.24) is 10.6 Å². The van der Waals surface area contributed by atoms with Gasteiger partial charge in [-0.2, -0.15) is 0 Å². The minimum atomic E-state index is -0.511. The van der Waals surface area contributed by atoms with Crippen molar-refractivity contribution in [2.24, 2.45) is 0 Å². The number of nitro groups is 1. The summed E-state index contributed by atoms with van der Waals surface area (Å²) in [6.07, 6.45) is 0. The van der Waals surface area contributed by atoms with Crippen molar-refractivity contribution < 1.29 is 9.72 Å². The summed E-state index contributed by atoms with van der Waals surface area (Å²) in [5, 5.41) is 20.2. The van der Waals surface area contributed by atoms with Crippen LogP contribution in [-0.4, -0.2) is 15.9 Å². The summed E-state index contributed by atoms with van der Waals surface area (Å²) in [7, 11) is 0. The van der Waals surface area contributed by atoms with Gasteiger partial charge in [0.25, 0.3) is 11.6 Å². The minimum Gasteiger partial charge on any atom is -0.351 e. The first kappa shape index (κ1) is 18.5. The maximum atomic E-state index is 13.0. The standard InChI is InChI=1S/C19H18N4O3S/c1-11-5-3-4-6-15(11)21-18(24)16-12(2)20-19(27)22-17(16)13-7-9-14(10-8-13)23(25)26/h3-10,17H,1-2H3,(H,21,24)(H2,20,22,27). The van der Waals surface area contributed by atoms with Crippen molar-refractivity contribution in [3.8, 4) is 0 Å². The van der Waals surface area contributed by atoms with Crippen LogP contribution in [0.5, 0.6) is 0 Å². The van der Waals surface area contributed by atoms with Gasteiger partial charge in [0.2, 0.25) is 0 Å². The molecule has 0 radical (unpaired) electrons. The van der Waals surface area contributed by atoms with E-state index in [2.05, 4.69) is 16.0 Å². The Morgan fingerprint density at radius 1 is 1.15 bits per heavy atom. The maximum Gasteiger partial charge on any atom is 0.269 e. The SMILES string of the molecule is CC1=C(C(=O)Nc2ccccc2C)C(c2ccc([N+](=O)[O-])cc2)NC(=S)N1. The van der Waals surface area contributed by atoms with Gasteiger partial charge in [0, 0.05) is 23.5 Å². The van der Waals surface area contributed by atoms with Crippen LogP contribution in [0.25, 0.3) is 0 Å². The average Bonchev–Trinajstić information content (AvgIpc) is 2.63. The molecule has 8 heteroatoms. The lowest BCUT2D eigenvalue weighted by Crippen LogP contribution is -2.45. The molecule has 0 saturated carbocycles. The lowest BCUT2D eigenvalue weighted by Gasteiger charge is -2.30. The second-order valence-electron chi connectivity index (χ2n) is 6.19. The average molecular weight is 382 g/mol. The predicted molar refractivity (Wildman–Crippen MR) is 107 cm³/mol. The first-order valence-corrected chi connectivity index (χ1v) is 8.67. The number of allylic oxidation sites excluding steroid dienone is 1. The molecule has 3 N–H and O–H groups in total. The van der Waals surface area contributed by atoms with Crippen LogP contribution in [0.1, 0.15) is 24.1 Å². The molecule has 1 amide bonds. The Kier molecular flexibility index (Phi) is 5.18. The topological polar surface area (TPSA) is 96.3 Å². The number of para-hydroxylation sites is 1. The third-order valence-corrected chi connectivity index (χ3v) is 4.56. The van der Waals surface area contributed by atoms with E-state index in [1.807, 2.05) is 31.2 Å². The summed E-state index contributed by atoms with van der Waals surface area (Å²) in [6, 6.07) is 13.1. The van der Waals surface area contributed by atoms with Gasteiger partial charge in [-0.05, 0) is 55.4 Å². The molecule has 1 heterocycles. The van der Waals surface area contributed by atoms with Crippen molar-refractivity contribution in [1.29, 1.82) is 0 Å². The number of non-ortho nitro benzene ring substituents is 1. The summed E-state index contributed by atoms with van der Waals surface area (Å²) in [6.45, 7) is 3.69. The van der Waals surface area contributed by atoms with Gasteiger partial charge < -0.3 is 16.0 Å². The molecule has 1 aliphatic heterocycles. The number of thiocarbonyl (C=S) groups is 1. The van der Waals surface area contributed by atoms with Crippen LogP contribution >= 0.6 is 12.2 Å². The number of nitrogens with one attached hydrogen (secondary N) is 3. The summed E-state index contributed by atoms with van der Waals surface area (Å²) in [4.78, 5) is 23.4. The number of nitrogens with zero attached hydrogens (tertiary/aromatic N) is 1. The Labute approximate surface area is 161 Å². The molecule has 0 saturated heterocycles. The third kappa shape index (κ3) is 3.95. The highest BCUT2D eigenvalue weighted by molar-refractivity contribution is 7.80. The summed E-state index contributed by atoms with van der Waals surface area (Å²) in [5.41, 5.74) is 3.47.